The number of carbonyl (C=O) groups is 1. The number of fused-ring (bicyclic) bond motifs is 1. The Hall–Kier alpha value is -3.81. The second-order valence-electron chi connectivity index (χ2n) is 6.38. The van der Waals surface area contributed by atoms with Crippen LogP contribution in [0.1, 0.15) is 12.2 Å². The Labute approximate surface area is 160 Å². The minimum Gasteiger partial charge on any atom is -0.326 e. The highest BCUT2D eigenvalue weighted by molar-refractivity contribution is 5.91. The molecule has 4 aromatic rings. The molecule has 1 amide bonds. The molecule has 0 aliphatic rings. The van der Waals surface area contributed by atoms with Gasteiger partial charge in [-0.05, 0) is 31.2 Å². The highest BCUT2D eigenvalue weighted by Gasteiger charge is 2.09. The Balaban J connectivity index is 1.44. The number of aromatic nitrogens is 5. The first-order chi connectivity index (χ1) is 13.6. The van der Waals surface area contributed by atoms with Crippen molar-refractivity contribution in [3.05, 3.63) is 71.0 Å². The van der Waals surface area contributed by atoms with Crippen molar-refractivity contribution < 1.29 is 4.79 Å². The highest BCUT2D eigenvalue weighted by atomic mass is 16.2. The summed E-state index contributed by atoms with van der Waals surface area (Å²) >= 11 is 0. The third-order valence-corrected chi connectivity index (χ3v) is 4.31. The van der Waals surface area contributed by atoms with E-state index in [1.165, 1.54) is 10.9 Å². The lowest BCUT2D eigenvalue weighted by Crippen LogP contribution is -2.23. The van der Waals surface area contributed by atoms with Crippen LogP contribution in [0.25, 0.3) is 22.3 Å². The number of nitrogens with one attached hydrogen (secondary N) is 2. The number of rotatable bonds is 5. The van der Waals surface area contributed by atoms with Gasteiger partial charge < -0.3 is 5.32 Å². The second kappa shape index (κ2) is 7.43. The van der Waals surface area contributed by atoms with E-state index < -0.39 is 0 Å². The molecule has 2 aromatic carbocycles. The molecule has 4 rings (SSSR count). The molecule has 2 N–H and O–H groups in total. The van der Waals surface area contributed by atoms with Gasteiger partial charge in [-0.1, -0.05) is 24.3 Å². The summed E-state index contributed by atoms with van der Waals surface area (Å²) in [5.41, 5.74) is 1.94. The summed E-state index contributed by atoms with van der Waals surface area (Å²) in [6, 6.07) is 14.5. The van der Waals surface area contributed by atoms with E-state index in [0.717, 1.165) is 11.4 Å². The molecular weight excluding hydrogens is 356 g/mol. The molecule has 8 heteroatoms. The van der Waals surface area contributed by atoms with Crippen molar-refractivity contribution >= 4 is 22.5 Å². The van der Waals surface area contributed by atoms with E-state index in [0.29, 0.717) is 22.4 Å². The lowest BCUT2D eigenvalue weighted by atomic mass is 10.2. The van der Waals surface area contributed by atoms with Crippen molar-refractivity contribution in [2.75, 3.05) is 5.32 Å². The number of aryl methyl sites for hydroxylation is 2. The number of benzene rings is 2. The smallest absolute Gasteiger partial charge is 0.261 e. The van der Waals surface area contributed by atoms with Crippen molar-refractivity contribution in [2.24, 2.45) is 0 Å². The largest absolute Gasteiger partial charge is 0.326 e. The third-order valence-electron chi connectivity index (χ3n) is 4.31. The fourth-order valence-electron chi connectivity index (χ4n) is 2.92. The summed E-state index contributed by atoms with van der Waals surface area (Å²) in [6.07, 6.45) is 1.63. The van der Waals surface area contributed by atoms with E-state index in [2.05, 4.69) is 25.5 Å². The van der Waals surface area contributed by atoms with Crippen LogP contribution in [0.5, 0.6) is 0 Å². The standard InChI is InChI=1S/C20H18N6O2/c1-13-22-19(25-24-13)14-5-4-6-15(11-14)23-18(27)9-10-26-12-21-17-8-3-2-7-16(17)20(26)28/h2-8,11-12H,9-10H2,1H3,(H,23,27)(H,22,24,25). The quantitative estimate of drug-likeness (QED) is 0.558. The van der Waals surface area contributed by atoms with Crippen LogP contribution in [0.2, 0.25) is 0 Å². The van der Waals surface area contributed by atoms with Crippen LogP contribution in [0.15, 0.2) is 59.7 Å². The van der Waals surface area contributed by atoms with Crippen molar-refractivity contribution in [1.29, 1.82) is 0 Å². The summed E-state index contributed by atoms with van der Waals surface area (Å²) in [5, 5.41) is 10.3. The first kappa shape index (κ1) is 17.6. The minimum atomic E-state index is -0.191. The molecule has 140 valence electrons. The zero-order valence-corrected chi connectivity index (χ0v) is 15.2. The van der Waals surface area contributed by atoms with Crippen LogP contribution in [-0.4, -0.2) is 30.6 Å². The van der Waals surface area contributed by atoms with E-state index in [1.807, 2.05) is 31.2 Å². The van der Waals surface area contributed by atoms with Crippen LogP contribution in [0.3, 0.4) is 0 Å². The van der Waals surface area contributed by atoms with Gasteiger partial charge in [0, 0.05) is 24.2 Å². The maximum absolute atomic E-state index is 12.5. The second-order valence-corrected chi connectivity index (χ2v) is 6.38. The van der Waals surface area contributed by atoms with Crippen LogP contribution in [0, 0.1) is 6.92 Å². The first-order valence-corrected chi connectivity index (χ1v) is 8.83. The molecule has 0 aliphatic heterocycles. The fourth-order valence-corrected chi connectivity index (χ4v) is 2.92. The summed E-state index contributed by atoms with van der Waals surface area (Å²) in [4.78, 5) is 33.4. The van der Waals surface area contributed by atoms with Gasteiger partial charge >= 0.3 is 0 Å². The third kappa shape index (κ3) is 3.66. The van der Waals surface area contributed by atoms with Gasteiger partial charge in [0.25, 0.3) is 5.56 Å². The molecule has 0 radical (unpaired) electrons. The molecule has 0 bridgehead atoms. The van der Waals surface area contributed by atoms with Gasteiger partial charge in [0.15, 0.2) is 5.82 Å². The summed E-state index contributed by atoms with van der Waals surface area (Å²) < 4.78 is 1.45. The van der Waals surface area contributed by atoms with Gasteiger partial charge in [-0.2, -0.15) is 5.10 Å². The Morgan fingerprint density at radius 2 is 2.04 bits per heavy atom. The van der Waals surface area contributed by atoms with Crippen molar-refractivity contribution in [3.63, 3.8) is 0 Å². The minimum absolute atomic E-state index is 0.152. The van der Waals surface area contributed by atoms with Crippen LogP contribution < -0.4 is 10.9 Å². The number of amides is 1. The molecule has 0 unspecified atom stereocenters. The monoisotopic (exact) mass is 374 g/mol. The zero-order valence-electron chi connectivity index (χ0n) is 15.2. The number of para-hydroxylation sites is 1. The number of anilines is 1. The van der Waals surface area contributed by atoms with E-state index in [1.54, 1.807) is 24.3 Å². The Morgan fingerprint density at radius 3 is 2.86 bits per heavy atom. The number of hydrogen-bond acceptors (Lipinski definition) is 5. The van der Waals surface area contributed by atoms with Crippen molar-refractivity contribution in [3.8, 4) is 11.4 Å². The fraction of sp³-hybridized carbons (Fsp3) is 0.150. The maximum atomic E-state index is 12.5. The van der Waals surface area contributed by atoms with Gasteiger partial charge in [-0.25, -0.2) is 9.97 Å². The molecule has 0 fully saturated rings. The van der Waals surface area contributed by atoms with E-state index >= 15 is 0 Å². The van der Waals surface area contributed by atoms with E-state index in [4.69, 9.17) is 0 Å². The molecule has 8 nitrogen and oxygen atoms in total. The molecule has 0 spiro atoms. The van der Waals surface area contributed by atoms with Gasteiger partial charge in [-0.3, -0.25) is 19.3 Å². The molecular formula is C20H18N6O2. The number of hydrogen-bond donors (Lipinski definition) is 2. The van der Waals surface area contributed by atoms with Gasteiger partial charge in [-0.15, -0.1) is 0 Å². The molecule has 0 aliphatic carbocycles. The Kier molecular flexibility index (Phi) is 4.67. The van der Waals surface area contributed by atoms with E-state index in [-0.39, 0.29) is 24.4 Å². The van der Waals surface area contributed by atoms with Gasteiger partial charge in [0.05, 0.1) is 17.2 Å². The lowest BCUT2D eigenvalue weighted by Gasteiger charge is -2.08. The molecule has 28 heavy (non-hydrogen) atoms. The topological polar surface area (TPSA) is 106 Å². The highest BCUT2D eigenvalue weighted by Crippen LogP contribution is 2.19. The SMILES string of the molecule is Cc1nc(-c2cccc(NC(=O)CCn3cnc4ccccc4c3=O)c2)n[nH]1. The molecule has 0 atom stereocenters. The number of carbonyl (C=O) groups excluding carboxylic acids is 1. The summed E-state index contributed by atoms with van der Waals surface area (Å²) in [5.74, 6) is 1.10. The number of nitrogens with zero attached hydrogens (tertiary/aromatic N) is 4. The normalized spacial score (nSPS) is 10.9. The average Bonchev–Trinajstić information content (AvgIpc) is 3.14. The van der Waals surface area contributed by atoms with Crippen molar-refractivity contribution in [2.45, 2.75) is 19.9 Å². The Bertz CT molecular complexity index is 1210. The molecule has 0 saturated carbocycles. The lowest BCUT2D eigenvalue weighted by molar-refractivity contribution is -0.116. The average molecular weight is 374 g/mol. The summed E-state index contributed by atoms with van der Waals surface area (Å²) in [7, 11) is 0. The Morgan fingerprint density at radius 1 is 1.18 bits per heavy atom. The number of H-pyrrole nitrogens is 1. The molecule has 2 aromatic heterocycles. The number of aromatic amines is 1. The van der Waals surface area contributed by atoms with Crippen LogP contribution in [0.4, 0.5) is 5.69 Å². The first-order valence-electron chi connectivity index (χ1n) is 8.83. The predicted octanol–water partition coefficient (Wildman–Crippen LogP) is 2.52. The molecule has 2 heterocycles. The maximum Gasteiger partial charge on any atom is 0.261 e. The molecule has 0 saturated heterocycles. The predicted molar refractivity (Wildman–Crippen MR) is 106 cm³/mol. The van der Waals surface area contributed by atoms with Crippen LogP contribution >= 0.6 is 0 Å². The van der Waals surface area contributed by atoms with Crippen LogP contribution in [-0.2, 0) is 11.3 Å². The van der Waals surface area contributed by atoms with Gasteiger partial charge in [0.2, 0.25) is 5.91 Å². The van der Waals surface area contributed by atoms with E-state index in [9.17, 15) is 9.59 Å². The van der Waals surface area contributed by atoms with Gasteiger partial charge in [0.1, 0.15) is 5.82 Å². The summed E-state index contributed by atoms with van der Waals surface area (Å²) in [6.45, 7) is 2.08. The zero-order chi connectivity index (χ0) is 19.5. The van der Waals surface area contributed by atoms with Crippen molar-refractivity contribution in [1.82, 2.24) is 24.7 Å².